The Morgan fingerprint density at radius 3 is 2.96 bits per heavy atom. The van der Waals surface area contributed by atoms with Gasteiger partial charge in [0.05, 0.1) is 17.9 Å². The van der Waals surface area contributed by atoms with Crippen molar-refractivity contribution in [2.24, 2.45) is 0 Å². The fourth-order valence-electron chi connectivity index (χ4n) is 4.25. The van der Waals surface area contributed by atoms with Gasteiger partial charge in [0.2, 0.25) is 0 Å². The molecule has 0 bridgehead atoms. The van der Waals surface area contributed by atoms with E-state index in [1.54, 1.807) is 10.7 Å². The summed E-state index contributed by atoms with van der Waals surface area (Å²) in [6, 6.07) is 4.27. The molecule has 0 aromatic carbocycles. The summed E-state index contributed by atoms with van der Waals surface area (Å²) in [6.45, 7) is 2.54. The van der Waals surface area contributed by atoms with Gasteiger partial charge in [-0.05, 0) is 57.1 Å². The van der Waals surface area contributed by atoms with E-state index in [4.69, 9.17) is 4.52 Å². The summed E-state index contributed by atoms with van der Waals surface area (Å²) in [5.41, 5.74) is 3.34. The van der Waals surface area contributed by atoms with E-state index in [1.807, 2.05) is 0 Å². The summed E-state index contributed by atoms with van der Waals surface area (Å²) in [4.78, 5) is 14.8. The van der Waals surface area contributed by atoms with E-state index in [-0.39, 0.29) is 5.56 Å². The van der Waals surface area contributed by atoms with Crippen molar-refractivity contribution in [1.29, 1.82) is 0 Å². The number of hydrogen-bond donors (Lipinski definition) is 0. The molecule has 5 rings (SSSR count). The second kappa shape index (κ2) is 6.09. The first-order valence-electron chi connectivity index (χ1n) is 9.56. The minimum Gasteiger partial charge on any atom is -0.361 e. The van der Waals surface area contributed by atoms with Gasteiger partial charge < -0.3 is 4.52 Å². The molecule has 3 aliphatic rings. The van der Waals surface area contributed by atoms with E-state index >= 15 is 0 Å². The Morgan fingerprint density at radius 2 is 2.08 bits per heavy atom. The van der Waals surface area contributed by atoms with Crippen molar-refractivity contribution in [1.82, 2.24) is 19.8 Å². The lowest BCUT2D eigenvalue weighted by Gasteiger charge is -2.23. The normalized spacial score (nSPS) is 23.3. The maximum Gasteiger partial charge on any atom is 0.267 e. The third-order valence-corrected chi connectivity index (χ3v) is 5.83. The molecule has 2 aromatic rings. The molecule has 0 amide bonds. The molecule has 2 fully saturated rings. The lowest BCUT2D eigenvalue weighted by atomic mass is 10.2. The highest BCUT2D eigenvalue weighted by Gasteiger charge is 2.30. The topological polar surface area (TPSA) is 64.2 Å². The number of likely N-dealkylation sites (tertiary alicyclic amines) is 1. The molecule has 1 aliphatic heterocycles. The molecule has 0 N–H and O–H groups in total. The Labute approximate surface area is 146 Å². The average Bonchev–Trinajstić information content (AvgIpc) is 2.98. The van der Waals surface area contributed by atoms with Crippen LogP contribution < -0.4 is 5.56 Å². The second-order valence-corrected chi connectivity index (χ2v) is 7.75. The Balaban J connectivity index is 1.30. The number of nitrogens with zero attached hydrogens (tertiary/aromatic N) is 4. The highest BCUT2D eigenvalue weighted by atomic mass is 16.5. The van der Waals surface area contributed by atoms with Crippen LogP contribution in [0.15, 0.2) is 21.5 Å². The van der Waals surface area contributed by atoms with Gasteiger partial charge in [0.15, 0.2) is 0 Å². The molecule has 1 unspecified atom stereocenters. The van der Waals surface area contributed by atoms with E-state index in [9.17, 15) is 4.79 Å². The molecule has 1 saturated heterocycles. The first-order valence-corrected chi connectivity index (χ1v) is 9.56. The molecule has 2 aliphatic carbocycles. The average molecular weight is 340 g/mol. The summed E-state index contributed by atoms with van der Waals surface area (Å²) >= 11 is 0. The number of aromatic nitrogens is 3. The largest absolute Gasteiger partial charge is 0.361 e. The fraction of sp³-hybridized carbons (Fsp3) is 0.632. The molecule has 132 valence electrons. The predicted octanol–water partition coefficient (Wildman–Crippen LogP) is 2.26. The van der Waals surface area contributed by atoms with Gasteiger partial charge in [0, 0.05) is 30.6 Å². The van der Waals surface area contributed by atoms with E-state index in [2.05, 4.69) is 21.2 Å². The molecule has 0 radical (unpaired) electrons. The first-order chi connectivity index (χ1) is 12.3. The van der Waals surface area contributed by atoms with E-state index in [0.29, 0.717) is 18.5 Å². The molecule has 6 nitrogen and oxygen atoms in total. The summed E-state index contributed by atoms with van der Waals surface area (Å²) in [6.07, 6.45) is 7.87. The van der Waals surface area contributed by atoms with Gasteiger partial charge in [-0.1, -0.05) is 5.16 Å². The minimum absolute atomic E-state index is 0.0463. The van der Waals surface area contributed by atoms with Gasteiger partial charge in [0.25, 0.3) is 5.56 Å². The Kier molecular flexibility index (Phi) is 3.73. The van der Waals surface area contributed by atoms with Crippen molar-refractivity contribution in [3.8, 4) is 0 Å². The number of fused-ring (bicyclic) bond motifs is 1. The third kappa shape index (κ3) is 3.03. The molecular weight excluding hydrogens is 316 g/mol. The van der Waals surface area contributed by atoms with Gasteiger partial charge in [-0.2, -0.15) is 5.10 Å². The van der Waals surface area contributed by atoms with Gasteiger partial charge in [-0.25, -0.2) is 4.68 Å². The number of aryl methyl sites for hydroxylation is 2. The Hall–Kier alpha value is -1.95. The zero-order chi connectivity index (χ0) is 16.8. The lowest BCUT2D eigenvalue weighted by Crippen LogP contribution is -2.37. The standard InChI is InChI=1S/C19H24N4O2/c24-19-9-14-3-1-5-17(14)20-23(19)12-16-4-2-8-22(16)11-15-10-18(25-21-15)13-6-7-13/h9-10,13,16H,1-8,11-12H2. The van der Waals surface area contributed by atoms with Crippen molar-refractivity contribution in [2.45, 2.75) is 70.0 Å². The molecule has 1 atom stereocenters. The molecule has 6 heteroatoms. The molecule has 25 heavy (non-hydrogen) atoms. The summed E-state index contributed by atoms with van der Waals surface area (Å²) < 4.78 is 7.16. The summed E-state index contributed by atoms with van der Waals surface area (Å²) in [5.74, 6) is 1.65. The SMILES string of the molecule is O=c1cc2c(nn1CC1CCCN1Cc1cc(C3CC3)on1)CCC2. The number of rotatable bonds is 5. The van der Waals surface area contributed by atoms with Crippen LogP contribution in [0, 0.1) is 0 Å². The second-order valence-electron chi connectivity index (χ2n) is 7.75. The van der Waals surface area contributed by atoms with Crippen molar-refractivity contribution in [3.05, 3.63) is 45.2 Å². The Bertz CT molecular complexity index is 836. The quantitative estimate of drug-likeness (QED) is 0.835. The molecule has 0 spiro atoms. The van der Waals surface area contributed by atoms with E-state index < -0.39 is 0 Å². The van der Waals surface area contributed by atoms with Crippen LogP contribution >= 0.6 is 0 Å². The van der Waals surface area contributed by atoms with Gasteiger partial charge in [-0.3, -0.25) is 9.69 Å². The summed E-state index contributed by atoms with van der Waals surface area (Å²) in [5, 5.41) is 8.88. The van der Waals surface area contributed by atoms with Gasteiger partial charge in [0.1, 0.15) is 5.76 Å². The third-order valence-electron chi connectivity index (χ3n) is 5.83. The van der Waals surface area contributed by atoms with Crippen molar-refractivity contribution in [2.75, 3.05) is 6.54 Å². The van der Waals surface area contributed by atoms with Crippen molar-refractivity contribution >= 4 is 0 Å². The van der Waals surface area contributed by atoms with Crippen LogP contribution in [0.3, 0.4) is 0 Å². The van der Waals surface area contributed by atoms with Crippen molar-refractivity contribution < 1.29 is 4.52 Å². The van der Waals surface area contributed by atoms with Crippen LogP contribution in [-0.2, 0) is 25.9 Å². The fourth-order valence-corrected chi connectivity index (χ4v) is 4.25. The molecule has 2 aromatic heterocycles. The van der Waals surface area contributed by atoms with Crippen LogP contribution in [0.2, 0.25) is 0 Å². The van der Waals surface area contributed by atoms with Crippen LogP contribution in [0.5, 0.6) is 0 Å². The zero-order valence-corrected chi connectivity index (χ0v) is 14.5. The minimum atomic E-state index is 0.0463. The Morgan fingerprint density at radius 1 is 1.16 bits per heavy atom. The van der Waals surface area contributed by atoms with Gasteiger partial charge in [-0.15, -0.1) is 0 Å². The molecular formula is C19H24N4O2. The van der Waals surface area contributed by atoms with Crippen LogP contribution in [0.1, 0.15) is 60.7 Å². The van der Waals surface area contributed by atoms with Crippen molar-refractivity contribution in [3.63, 3.8) is 0 Å². The monoisotopic (exact) mass is 340 g/mol. The highest BCUT2D eigenvalue weighted by molar-refractivity contribution is 5.22. The number of hydrogen-bond acceptors (Lipinski definition) is 5. The summed E-state index contributed by atoms with van der Waals surface area (Å²) in [7, 11) is 0. The highest BCUT2D eigenvalue weighted by Crippen LogP contribution is 2.40. The van der Waals surface area contributed by atoms with Gasteiger partial charge >= 0.3 is 0 Å². The van der Waals surface area contributed by atoms with E-state index in [0.717, 1.165) is 67.9 Å². The molecule has 1 saturated carbocycles. The van der Waals surface area contributed by atoms with Crippen LogP contribution in [0.25, 0.3) is 0 Å². The maximum absolute atomic E-state index is 12.4. The van der Waals surface area contributed by atoms with Crippen LogP contribution in [0.4, 0.5) is 0 Å². The maximum atomic E-state index is 12.4. The lowest BCUT2D eigenvalue weighted by molar-refractivity contribution is 0.210. The molecule has 3 heterocycles. The zero-order valence-electron chi connectivity index (χ0n) is 14.5. The van der Waals surface area contributed by atoms with Crippen LogP contribution in [-0.4, -0.2) is 32.4 Å². The predicted molar refractivity (Wildman–Crippen MR) is 92.4 cm³/mol. The first kappa shape index (κ1) is 15.3. The van der Waals surface area contributed by atoms with E-state index in [1.165, 1.54) is 12.8 Å². The smallest absolute Gasteiger partial charge is 0.267 e.